The molecule has 0 aliphatic heterocycles. The summed E-state index contributed by atoms with van der Waals surface area (Å²) in [6.45, 7) is 2.23. The number of ether oxygens (including phenoxy) is 1. The Kier molecular flexibility index (Phi) is 4.97. The Balaban J connectivity index is 2.26. The lowest BCUT2D eigenvalue weighted by Gasteiger charge is -2.23. The summed E-state index contributed by atoms with van der Waals surface area (Å²) < 4.78 is 43.4. The van der Waals surface area contributed by atoms with Crippen LogP contribution in [-0.4, -0.2) is 11.6 Å². The Morgan fingerprint density at radius 2 is 1.95 bits per heavy atom. The molecule has 0 amide bonds. The van der Waals surface area contributed by atoms with E-state index < -0.39 is 23.3 Å². The largest absolute Gasteiger partial charge is 0.443 e. The van der Waals surface area contributed by atoms with Crippen molar-refractivity contribution in [3.63, 3.8) is 0 Å². The molecule has 0 saturated heterocycles. The number of benzene rings is 1. The molecule has 114 valence electrons. The molecule has 2 N–H and O–H groups in total. The number of alkyl halides is 3. The maximum Gasteiger partial charge on any atom is 0.443 e. The molecule has 1 aromatic carbocycles. The van der Waals surface area contributed by atoms with E-state index in [0.29, 0.717) is 22.8 Å². The highest BCUT2D eigenvalue weighted by Crippen LogP contribution is 2.37. The third-order valence-electron chi connectivity index (χ3n) is 2.90. The van der Waals surface area contributed by atoms with E-state index in [9.17, 15) is 13.2 Å². The van der Waals surface area contributed by atoms with Gasteiger partial charge in [0.05, 0.1) is 6.04 Å². The van der Waals surface area contributed by atoms with Crippen LogP contribution in [0.2, 0.25) is 0 Å². The minimum Gasteiger partial charge on any atom is -0.372 e. The van der Waals surface area contributed by atoms with Gasteiger partial charge in [0.2, 0.25) is 0 Å². The average molecular weight is 316 g/mol. The molecule has 0 aliphatic rings. The summed E-state index contributed by atoms with van der Waals surface area (Å²) in [6, 6.07) is 8.51. The van der Waals surface area contributed by atoms with Gasteiger partial charge in [0, 0.05) is 17.7 Å². The molecule has 0 bridgehead atoms. The van der Waals surface area contributed by atoms with E-state index in [1.807, 2.05) is 37.3 Å². The van der Waals surface area contributed by atoms with Crippen LogP contribution >= 0.6 is 11.3 Å². The van der Waals surface area contributed by atoms with Gasteiger partial charge in [-0.3, -0.25) is 0 Å². The molecule has 7 heteroatoms. The first-order chi connectivity index (χ1) is 9.93. The number of nitrogens with zero attached hydrogens (tertiary/aromatic N) is 1. The van der Waals surface area contributed by atoms with Crippen LogP contribution < -0.4 is 5.73 Å². The lowest BCUT2D eigenvalue weighted by atomic mass is 10.0. The van der Waals surface area contributed by atoms with Crippen molar-refractivity contribution in [1.82, 2.24) is 4.98 Å². The van der Waals surface area contributed by atoms with E-state index in [2.05, 4.69) is 4.98 Å². The second kappa shape index (κ2) is 6.55. The molecule has 0 radical (unpaired) electrons. The van der Waals surface area contributed by atoms with Gasteiger partial charge in [-0.15, -0.1) is 11.3 Å². The van der Waals surface area contributed by atoms with Crippen LogP contribution in [0.3, 0.4) is 0 Å². The van der Waals surface area contributed by atoms with Crippen molar-refractivity contribution in [2.45, 2.75) is 25.2 Å². The van der Waals surface area contributed by atoms with Crippen LogP contribution in [0.4, 0.5) is 13.2 Å². The average Bonchev–Trinajstić information content (AvgIpc) is 2.95. The molecular weight excluding hydrogens is 301 g/mol. The number of halogens is 3. The first kappa shape index (κ1) is 15.9. The Labute approximate surface area is 124 Å². The smallest absolute Gasteiger partial charge is 0.372 e. The van der Waals surface area contributed by atoms with Gasteiger partial charge < -0.3 is 10.5 Å². The number of thiazole rings is 1. The molecule has 2 atom stereocenters. The number of hydrogen-bond donors (Lipinski definition) is 1. The number of aromatic nitrogens is 1. The standard InChI is InChI=1S/C14H15F3N2OS/c1-2-20-12(9-6-4-3-5-7-9)11(18)10-8-19-13(21-10)14(15,16)17/h3-8,11-12H,2,18H2,1H3. The van der Waals surface area contributed by atoms with Crippen LogP contribution in [0, 0.1) is 0 Å². The third kappa shape index (κ3) is 3.81. The fraction of sp³-hybridized carbons (Fsp3) is 0.357. The Bertz CT molecular complexity index is 571. The Morgan fingerprint density at radius 3 is 2.48 bits per heavy atom. The van der Waals surface area contributed by atoms with E-state index in [0.717, 1.165) is 5.56 Å². The summed E-state index contributed by atoms with van der Waals surface area (Å²) in [5.74, 6) is 0. The molecule has 3 nitrogen and oxygen atoms in total. The van der Waals surface area contributed by atoms with Gasteiger partial charge in [0.1, 0.15) is 6.10 Å². The summed E-state index contributed by atoms with van der Waals surface area (Å²) in [4.78, 5) is 3.75. The van der Waals surface area contributed by atoms with Crippen molar-refractivity contribution in [3.8, 4) is 0 Å². The predicted octanol–water partition coefficient (Wildman–Crippen LogP) is 3.94. The fourth-order valence-electron chi connectivity index (χ4n) is 1.95. The third-order valence-corrected chi connectivity index (χ3v) is 4.04. The van der Waals surface area contributed by atoms with Crippen molar-refractivity contribution < 1.29 is 17.9 Å². The van der Waals surface area contributed by atoms with Crippen molar-refractivity contribution in [1.29, 1.82) is 0 Å². The molecule has 0 aliphatic carbocycles. The van der Waals surface area contributed by atoms with Crippen LogP contribution in [0.15, 0.2) is 36.5 Å². The van der Waals surface area contributed by atoms with Crippen molar-refractivity contribution in [2.75, 3.05) is 6.61 Å². The van der Waals surface area contributed by atoms with Crippen LogP contribution in [0.1, 0.15) is 34.5 Å². The summed E-state index contributed by atoms with van der Waals surface area (Å²) in [7, 11) is 0. The van der Waals surface area contributed by atoms with Gasteiger partial charge in [0.15, 0.2) is 5.01 Å². The van der Waals surface area contributed by atoms with Gasteiger partial charge in [-0.25, -0.2) is 4.98 Å². The molecular formula is C14H15F3N2OS. The van der Waals surface area contributed by atoms with Crippen molar-refractivity contribution >= 4 is 11.3 Å². The Morgan fingerprint density at radius 1 is 1.29 bits per heavy atom. The minimum absolute atomic E-state index is 0.352. The van der Waals surface area contributed by atoms with E-state index in [-0.39, 0.29) is 0 Å². The summed E-state index contributed by atoms with van der Waals surface area (Å²) in [6.07, 6.45) is -3.78. The monoisotopic (exact) mass is 316 g/mol. The van der Waals surface area contributed by atoms with Gasteiger partial charge in [-0.1, -0.05) is 30.3 Å². The van der Waals surface area contributed by atoms with Crippen molar-refractivity contribution in [3.05, 3.63) is 52.0 Å². The maximum atomic E-state index is 12.6. The van der Waals surface area contributed by atoms with Gasteiger partial charge in [-0.2, -0.15) is 13.2 Å². The summed E-state index contributed by atoms with van der Waals surface area (Å²) in [5.41, 5.74) is 6.92. The van der Waals surface area contributed by atoms with Crippen LogP contribution in [0.25, 0.3) is 0 Å². The zero-order chi connectivity index (χ0) is 15.5. The summed E-state index contributed by atoms with van der Waals surface area (Å²) >= 11 is 0.556. The molecule has 1 heterocycles. The minimum atomic E-state index is -4.45. The molecule has 0 saturated carbocycles. The van der Waals surface area contributed by atoms with Crippen LogP contribution in [-0.2, 0) is 10.9 Å². The molecule has 1 aromatic heterocycles. The molecule has 2 aromatic rings. The highest BCUT2D eigenvalue weighted by molar-refractivity contribution is 7.11. The highest BCUT2D eigenvalue weighted by Gasteiger charge is 2.36. The maximum absolute atomic E-state index is 12.6. The lowest BCUT2D eigenvalue weighted by Crippen LogP contribution is -2.21. The Hall–Kier alpha value is -1.44. The molecule has 2 rings (SSSR count). The molecule has 0 spiro atoms. The highest BCUT2D eigenvalue weighted by atomic mass is 32.1. The fourth-order valence-corrected chi connectivity index (χ4v) is 2.76. The van der Waals surface area contributed by atoms with E-state index in [1.54, 1.807) is 0 Å². The lowest BCUT2D eigenvalue weighted by molar-refractivity contribution is -0.137. The van der Waals surface area contributed by atoms with Crippen LogP contribution in [0.5, 0.6) is 0 Å². The van der Waals surface area contributed by atoms with Crippen molar-refractivity contribution in [2.24, 2.45) is 5.73 Å². The molecule has 2 unspecified atom stereocenters. The second-order valence-electron chi connectivity index (χ2n) is 4.38. The zero-order valence-corrected chi connectivity index (χ0v) is 12.1. The quantitative estimate of drug-likeness (QED) is 0.909. The normalized spacial score (nSPS) is 14.9. The second-order valence-corrected chi connectivity index (χ2v) is 5.44. The molecule has 0 fully saturated rings. The number of hydrogen-bond acceptors (Lipinski definition) is 4. The van der Waals surface area contributed by atoms with E-state index in [1.165, 1.54) is 6.20 Å². The first-order valence-corrected chi connectivity index (χ1v) is 7.20. The topological polar surface area (TPSA) is 48.1 Å². The van der Waals surface area contributed by atoms with E-state index >= 15 is 0 Å². The first-order valence-electron chi connectivity index (χ1n) is 6.38. The SMILES string of the molecule is CCOC(c1ccccc1)C(N)c1cnc(C(F)(F)F)s1. The van der Waals surface area contributed by atoms with Gasteiger partial charge in [0.25, 0.3) is 0 Å². The van der Waals surface area contributed by atoms with Gasteiger partial charge >= 0.3 is 6.18 Å². The molecule has 21 heavy (non-hydrogen) atoms. The number of nitrogens with two attached hydrogens (primary N) is 1. The number of rotatable bonds is 5. The summed E-state index contributed by atoms with van der Waals surface area (Å²) in [5, 5.41) is -0.892. The van der Waals surface area contributed by atoms with Gasteiger partial charge in [-0.05, 0) is 12.5 Å². The predicted molar refractivity (Wildman–Crippen MR) is 74.9 cm³/mol. The van der Waals surface area contributed by atoms with E-state index in [4.69, 9.17) is 10.5 Å². The zero-order valence-electron chi connectivity index (χ0n) is 11.3.